The Hall–Kier alpha value is -1.33. The molecule has 0 aromatic heterocycles. The van der Waals surface area contributed by atoms with Crippen molar-refractivity contribution in [2.45, 2.75) is 31.6 Å². The molecule has 0 atom stereocenters. The molecule has 1 aromatic carbocycles. The number of nitrogens with zero attached hydrogens (tertiary/aromatic N) is 1. The molecule has 0 aliphatic carbocycles. The Morgan fingerprint density at radius 3 is 2.15 bits per heavy atom. The second-order valence-electron chi connectivity index (χ2n) is 5.02. The van der Waals surface area contributed by atoms with Gasteiger partial charge < -0.3 is 9.69 Å². The molecule has 1 aliphatic rings. The fourth-order valence-corrected chi connectivity index (χ4v) is 2.07. The number of rotatable bonds is 3. The molecule has 1 aliphatic heterocycles. The standard InChI is InChI=1S/C11H14N2OS.C4H8O/c12-15-10-5-3-9(4-6-10)11(14)13-7-1-2-8-13;1-4(2)3-5/h3-6H,1-2,7-8,12H2;3-4H,1-2H3. The first-order valence-corrected chi connectivity index (χ1v) is 7.67. The van der Waals surface area contributed by atoms with E-state index in [1.807, 2.05) is 43.0 Å². The number of nitrogens with two attached hydrogens (primary N) is 1. The molecule has 110 valence electrons. The van der Waals surface area contributed by atoms with Crippen molar-refractivity contribution in [3.8, 4) is 0 Å². The molecule has 1 amide bonds. The molecule has 1 saturated heterocycles. The number of amides is 1. The Morgan fingerprint density at radius 1 is 1.25 bits per heavy atom. The number of benzene rings is 1. The second kappa shape index (κ2) is 8.76. The number of aldehydes is 1. The van der Waals surface area contributed by atoms with E-state index in [1.165, 1.54) is 11.9 Å². The predicted molar refractivity (Wildman–Crippen MR) is 82.5 cm³/mol. The van der Waals surface area contributed by atoms with Crippen molar-refractivity contribution in [3.05, 3.63) is 29.8 Å². The second-order valence-corrected chi connectivity index (χ2v) is 5.73. The lowest BCUT2D eigenvalue weighted by molar-refractivity contribution is -0.110. The smallest absolute Gasteiger partial charge is 0.253 e. The minimum absolute atomic E-state index is 0.140. The maximum atomic E-state index is 11.9. The van der Waals surface area contributed by atoms with E-state index >= 15 is 0 Å². The Bertz CT molecular complexity index is 426. The highest BCUT2D eigenvalue weighted by molar-refractivity contribution is 7.97. The van der Waals surface area contributed by atoms with Crippen LogP contribution in [0.3, 0.4) is 0 Å². The van der Waals surface area contributed by atoms with Crippen LogP contribution in [0.2, 0.25) is 0 Å². The molecular weight excluding hydrogens is 272 g/mol. The molecule has 5 heteroatoms. The summed E-state index contributed by atoms with van der Waals surface area (Å²) in [5.41, 5.74) is 0.759. The summed E-state index contributed by atoms with van der Waals surface area (Å²) in [4.78, 5) is 24.3. The largest absolute Gasteiger partial charge is 0.339 e. The summed E-state index contributed by atoms with van der Waals surface area (Å²) in [6.45, 7) is 5.50. The highest BCUT2D eigenvalue weighted by Gasteiger charge is 2.18. The van der Waals surface area contributed by atoms with Gasteiger partial charge in [-0.15, -0.1) is 0 Å². The van der Waals surface area contributed by atoms with Crippen LogP contribution in [0.5, 0.6) is 0 Å². The van der Waals surface area contributed by atoms with E-state index in [2.05, 4.69) is 0 Å². The zero-order valence-corrected chi connectivity index (χ0v) is 12.9. The van der Waals surface area contributed by atoms with Gasteiger partial charge in [-0.25, -0.2) is 0 Å². The summed E-state index contributed by atoms with van der Waals surface area (Å²) in [7, 11) is 0. The molecule has 1 fully saturated rings. The first-order valence-electron chi connectivity index (χ1n) is 6.80. The number of hydrogen-bond donors (Lipinski definition) is 1. The molecule has 0 bridgehead atoms. The maximum absolute atomic E-state index is 11.9. The van der Waals surface area contributed by atoms with Crippen LogP contribution in [-0.4, -0.2) is 30.2 Å². The minimum Gasteiger partial charge on any atom is -0.339 e. The molecule has 0 spiro atoms. The van der Waals surface area contributed by atoms with Gasteiger partial charge in [0.2, 0.25) is 0 Å². The van der Waals surface area contributed by atoms with Crippen molar-refractivity contribution in [1.29, 1.82) is 0 Å². The van der Waals surface area contributed by atoms with Crippen molar-refractivity contribution in [1.82, 2.24) is 4.90 Å². The molecule has 0 unspecified atom stereocenters. The lowest BCUT2D eigenvalue weighted by Crippen LogP contribution is -2.27. The van der Waals surface area contributed by atoms with Gasteiger partial charge in [-0.3, -0.25) is 9.93 Å². The van der Waals surface area contributed by atoms with Crippen LogP contribution in [0.25, 0.3) is 0 Å². The van der Waals surface area contributed by atoms with Gasteiger partial charge in [0.15, 0.2) is 0 Å². The molecule has 4 nitrogen and oxygen atoms in total. The van der Waals surface area contributed by atoms with Crippen molar-refractivity contribution >= 4 is 24.1 Å². The zero-order valence-electron chi connectivity index (χ0n) is 12.0. The maximum Gasteiger partial charge on any atom is 0.253 e. The van der Waals surface area contributed by atoms with E-state index in [0.29, 0.717) is 0 Å². The number of carbonyl (C=O) groups is 2. The summed E-state index contributed by atoms with van der Waals surface area (Å²) < 4.78 is 0. The summed E-state index contributed by atoms with van der Waals surface area (Å²) in [6.07, 6.45) is 3.17. The molecule has 2 rings (SSSR count). The van der Waals surface area contributed by atoms with E-state index in [1.54, 1.807) is 0 Å². The van der Waals surface area contributed by atoms with Crippen LogP contribution in [-0.2, 0) is 4.79 Å². The zero-order chi connectivity index (χ0) is 15.0. The van der Waals surface area contributed by atoms with E-state index in [-0.39, 0.29) is 11.8 Å². The van der Waals surface area contributed by atoms with Crippen LogP contribution in [0.15, 0.2) is 29.2 Å². The number of likely N-dealkylation sites (tertiary alicyclic amines) is 1. The first-order chi connectivity index (χ1) is 9.58. The lowest BCUT2D eigenvalue weighted by atomic mass is 10.2. The van der Waals surface area contributed by atoms with Gasteiger partial charge in [0.1, 0.15) is 6.29 Å². The van der Waals surface area contributed by atoms with Gasteiger partial charge >= 0.3 is 0 Å². The number of hydrogen-bond acceptors (Lipinski definition) is 4. The topological polar surface area (TPSA) is 63.4 Å². The number of carbonyl (C=O) groups excluding carboxylic acids is 2. The van der Waals surface area contributed by atoms with Gasteiger partial charge in [0, 0.05) is 29.5 Å². The fourth-order valence-electron chi connectivity index (χ4n) is 1.78. The summed E-state index contributed by atoms with van der Waals surface area (Å²) in [5, 5.41) is 5.42. The van der Waals surface area contributed by atoms with Gasteiger partial charge in [0.05, 0.1) is 0 Å². The van der Waals surface area contributed by atoms with Crippen LogP contribution in [0.1, 0.15) is 37.0 Å². The third-order valence-corrected chi connectivity index (χ3v) is 3.45. The third-order valence-electron chi connectivity index (χ3n) is 2.90. The van der Waals surface area contributed by atoms with Gasteiger partial charge in [-0.2, -0.15) is 0 Å². The summed E-state index contributed by atoms with van der Waals surface area (Å²) in [6, 6.07) is 7.45. The first kappa shape index (κ1) is 16.7. The fraction of sp³-hybridized carbons (Fsp3) is 0.467. The molecule has 20 heavy (non-hydrogen) atoms. The normalized spacial score (nSPS) is 13.9. The Morgan fingerprint density at radius 2 is 1.75 bits per heavy atom. The molecular formula is C15H22N2O2S. The molecule has 2 N–H and O–H groups in total. The van der Waals surface area contributed by atoms with Crippen molar-refractivity contribution < 1.29 is 9.59 Å². The summed E-state index contributed by atoms with van der Waals surface area (Å²) >= 11 is 1.20. The lowest BCUT2D eigenvalue weighted by Gasteiger charge is -2.15. The van der Waals surface area contributed by atoms with E-state index in [4.69, 9.17) is 5.14 Å². The van der Waals surface area contributed by atoms with E-state index in [9.17, 15) is 9.59 Å². The Balaban J connectivity index is 0.000000347. The highest BCUT2D eigenvalue weighted by Crippen LogP contribution is 2.16. The predicted octanol–water partition coefficient (Wildman–Crippen LogP) is 2.73. The van der Waals surface area contributed by atoms with Crippen LogP contribution in [0, 0.1) is 5.92 Å². The molecule has 1 aromatic rings. The minimum atomic E-state index is 0.140. The van der Waals surface area contributed by atoms with Gasteiger partial charge in [0.25, 0.3) is 5.91 Å². The van der Waals surface area contributed by atoms with Gasteiger partial charge in [-0.05, 0) is 49.1 Å². The SMILES string of the molecule is CC(C)C=O.NSc1ccc(C(=O)N2CCCC2)cc1. The van der Waals surface area contributed by atoms with Gasteiger partial charge in [-0.1, -0.05) is 13.8 Å². The Kier molecular flexibility index (Phi) is 7.33. The van der Waals surface area contributed by atoms with Crippen LogP contribution >= 0.6 is 11.9 Å². The van der Waals surface area contributed by atoms with Crippen molar-refractivity contribution in [2.24, 2.45) is 11.1 Å². The monoisotopic (exact) mass is 294 g/mol. The van der Waals surface area contributed by atoms with E-state index < -0.39 is 0 Å². The van der Waals surface area contributed by atoms with E-state index in [0.717, 1.165) is 42.7 Å². The van der Waals surface area contributed by atoms with Crippen LogP contribution in [0.4, 0.5) is 0 Å². The van der Waals surface area contributed by atoms with Crippen molar-refractivity contribution in [2.75, 3.05) is 13.1 Å². The molecule has 1 heterocycles. The Labute approximate surface area is 124 Å². The molecule has 0 saturated carbocycles. The van der Waals surface area contributed by atoms with Crippen LogP contribution < -0.4 is 5.14 Å². The van der Waals surface area contributed by atoms with Crippen molar-refractivity contribution in [3.63, 3.8) is 0 Å². The highest BCUT2D eigenvalue weighted by atomic mass is 32.2. The quantitative estimate of drug-likeness (QED) is 0.687. The summed E-state index contributed by atoms with van der Waals surface area (Å²) in [5.74, 6) is 0.344. The average molecular weight is 294 g/mol. The average Bonchev–Trinajstić information content (AvgIpc) is 3.01. The molecule has 0 radical (unpaired) electrons. The third kappa shape index (κ3) is 5.35.